The molecule has 2 aromatic carbocycles. The van der Waals surface area contributed by atoms with Crippen molar-refractivity contribution in [3.8, 4) is 0 Å². The quantitative estimate of drug-likeness (QED) is 0.528. The lowest BCUT2D eigenvalue weighted by Gasteiger charge is -2.27. The van der Waals surface area contributed by atoms with Gasteiger partial charge in [0.25, 0.3) is 0 Å². The van der Waals surface area contributed by atoms with Crippen LogP contribution in [0.2, 0.25) is 5.02 Å². The van der Waals surface area contributed by atoms with E-state index in [0.29, 0.717) is 12.5 Å². The number of carbonyl (C=O) groups excluding carboxylic acids is 1. The summed E-state index contributed by atoms with van der Waals surface area (Å²) < 4.78 is 2.34. The average Bonchev–Trinajstić information content (AvgIpc) is 3.35. The van der Waals surface area contributed by atoms with Crippen molar-refractivity contribution in [2.75, 3.05) is 7.05 Å². The van der Waals surface area contributed by atoms with Crippen LogP contribution in [0.5, 0.6) is 0 Å². The van der Waals surface area contributed by atoms with Crippen molar-refractivity contribution in [3.63, 3.8) is 0 Å². The maximum Gasteiger partial charge on any atom is 0.227 e. The topological polar surface area (TPSA) is 38.1 Å². The van der Waals surface area contributed by atoms with Crippen molar-refractivity contribution >= 4 is 28.5 Å². The molecule has 0 radical (unpaired) electrons. The highest BCUT2D eigenvalue weighted by Crippen LogP contribution is 2.37. The zero-order valence-electron chi connectivity index (χ0n) is 17.4. The number of nitrogens with zero attached hydrogens (tertiary/aromatic N) is 3. The number of halogens is 1. The summed E-state index contributed by atoms with van der Waals surface area (Å²) in [4.78, 5) is 19.7. The Balaban J connectivity index is 1.64. The van der Waals surface area contributed by atoms with Crippen molar-refractivity contribution in [2.45, 2.75) is 58.0 Å². The van der Waals surface area contributed by atoms with Gasteiger partial charge in [-0.1, -0.05) is 54.3 Å². The van der Waals surface area contributed by atoms with Gasteiger partial charge in [-0.15, -0.1) is 0 Å². The summed E-state index contributed by atoms with van der Waals surface area (Å²) in [6.07, 6.45) is 5.18. The fourth-order valence-electron chi connectivity index (χ4n) is 4.32. The monoisotopic (exact) mass is 409 g/mol. The Hall–Kier alpha value is -2.33. The molecule has 1 fully saturated rings. The van der Waals surface area contributed by atoms with Crippen LogP contribution in [0.25, 0.3) is 11.0 Å². The lowest BCUT2D eigenvalue weighted by molar-refractivity contribution is -0.131. The standard InChI is InChI=1S/C24H28ClN3O/c1-16-8-10-18(11-9-16)14-23(29)27(3)17(2)24-26-21-13-12-19(25)15-22(21)28(24)20-6-4-5-7-20/h8-13,15,17,20H,4-7,14H2,1-3H3. The van der Waals surface area contributed by atoms with E-state index in [1.807, 2.05) is 42.3 Å². The molecule has 0 bridgehead atoms. The van der Waals surface area contributed by atoms with Crippen molar-refractivity contribution in [2.24, 2.45) is 0 Å². The molecule has 4 nitrogen and oxygen atoms in total. The molecule has 1 aromatic heterocycles. The predicted octanol–water partition coefficient (Wildman–Crippen LogP) is 5.88. The van der Waals surface area contributed by atoms with E-state index in [1.165, 1.54) is 18.4 Å². The highest BCUT2D eigenvalue weighted by molar-refractivity contribution is 6.31. The zero-order chi connectivity index (χ0) is 20.5. The first-order valence-electron chi connectivity index (χ1n) is 10.4. The van der Waals surface area contributed by atoms with E-state index in [4.69, 9.17) is 16.6 Å². The molecule has 1 aliphatic rings. The highest BCUT2D eigenvalue weighted by atomic mass is 35.5. The number of hydrogen-bond donors (Lipinski definition) is 0. The molecule has 1 aliphatic carbocycles. The van der Waals surface area contributed by atoms with Gasteiger partial charge in [0.05, 0.1) is 23.5 Å². The first-order chi connectivity index (χ1) is 13.9. The van der Waals surface area contributed by atoms with Gasteiger partial charge in [0, 0.05) is 18.1 Å². The van der Waals surface area contributed by atoms with Gasteiger partial charge in [-0.05, 0) is 50.5 Å². The Morgan fingerprint density at radius 2 is 1.90 bits per heavy atom. The fraction of sp³-hybridized carbons (Fsp3) is 0.417. The summed E-state index contributed by atoms with van der Waals surface area (Å²) in [5.74, 6) is 1.05. The van der Waals surface area contributed by atoms with Crippen LogP contribution in [0.1, 0.15) is 61.6 Å². The smallest absolute Gasteiger partial charge is 0.227 e. The Kier molecular flexibility index (Phi) is 5.64. The molecular formula is C24H28ClN3O. The number of imidazole rings is 1. The van der Waals surface area contributed by atoms with Crippen LogP contribution in [0.4, 0.5) is 0 Å². The van der Waals surface area contributed by atoms with E-state index in [0.717, 1.165) is 40.3 Å². The number of likely N-dealkylation sites (N-methyl/N-ethyl adjacent to an activating group) is 1. The van der Waals surface area contributed by atoms with Gasteiger partial charge in [-0.2, -0.15) is 0 Å². The number of amides is 1. The second-order valence-corrected chi connectivity index (χ2v) is 8.69. The van der Waals surface area contributed by atoms with Crippen LogP contribution < -0.4 is 0 Å². The first kappa shape index (κ1) is 20.0. The summed E-state index contributed by atoms with van der Waals surface area (Å²) in [7, 11) is 1.88. The molecule has 1 amide bonds. The third-order valence-electron chi connectivity index (χ3n) is 6.19. The summed E-state index contributed by atoms with van der Waals surface area (Å²) in [5, 5.41) is 0.722. The third kappa shape index (κ3) is 4.04. The lowest BCUT2D eigenvalue weighted by atomic mass is 10.1. The van der Waals surface area contributed by atoms with Gasteiger partial charge in [0.2, 0.25) is 5.91 Å². The maximum absolute atomic E-state index is 13.0. The van der Waals surface area contributed by atoms with Crippen LogP contribution in [0, 0.1) is 6.92 Å². The van der Waals surface area contributed by atoms with E-state index in [2.05, 4.69) is 30.5 Å². The van der Waals surface area contributed by atoms with Crippen LogP contribution in [-0.2, 0) is 11.2 Å². The van der Waals surface area contributed by atoms with E-state index in [9.17, 15) is 4.79 Å². The Labute approximate surface area is 177 Å². The third-order valence-corrected chi connectivity index (χ3v) is 6.43. The molecule has 1 unspecified atom stereocenters. The highest BCUT2D eigenvalue weighted by Gasteiger charge is 2.28. The number of aryl methyl sites for hydroxylation is 1. The predicted molar refractivity (Wildman–Crippen MR) is 118 cm³/mol. The molecule has 29 heavy (non-hydrogen) atoms. The van der Waals surface area contributed by atoms with Gasteiger partial charge >= 0.3 is 0 Å². The minimum Gasteiger partial charge on any atom is -0.336 e. The summed E-state index contributed by atoms with van der Waals surface area (Å²) in [5.41, 5.74) is 4.26. The second kappa shape index (κ2) is 8.19. The SMILES string of the molecule is Cc1ccc(CC(=O)N(C)C(C)c2nc3ccc(Cl)cc3n2C2CCCC2)cc1. The van der Waals surface area contributed by atoms with Crippen molar-refractivity contribution in [1.29, 1.82) is 0 Å². The van der Waals surface area contributed by atoms with Gasteiger partial charge in [0.1, 0.15) is 5.82 Å². The summed E-state index contributed by atoms with van der Waals surface area (Å²) >= 11 is 6.29. The molecule has 0 N–H and O–H groups in total. The fourth-order valence-corrected chi connectivity index (χ4v) is 4.49. The van der Waals surface area contributed by atoms with Gasteiger partial charge in [-0.3, -0.25) is 4.79 Å². The largest absolute Gasteiger partial charge is 0.336 e. The van der Waals surface area contributed by atoms with Crippen molar-refractivity contribution < 1.29 is 4.79 Å². The van der Waals surface area contributed by atoms with E-state index >= 15 is 0 Å². The minimum absolute atomic E-state index is 0.101. The lowest BCUT2D eigenvalue weighted by Crippen LogP contribution is -2.32. The molecule has 3 aromatic rings. The van der Waals surface area contributed by atoms with Crippen molar-refractivity contribution in [3.05, 3.63) is 64.4 Å². The van der Waals surface area contributed by atoms with Crippen LogP contribution in [0.15, 0.2) is 42.5 Å². The Morgan fingerprint density at radius 1 is 1.21 bits per heavy atom. The normalized spacial score (nSPS) is 15.7. The molecule has 0 aliphatic heterocycles. The summed E-state index contributed by atoms with van der Waals surface area (Å²) in [6, 6.07) is 14.3. The number of fused-ring (bicyclic) bond motifs is 1. The van der Waals surface area contributed by atoms with E-state index in [1.54, 1.807) is 0 Å². The van der Waals surface area contributed by atoms with Crippen LogP contribution >= 0.6 is 11.6 Å². The molecule has 0 spiro atoms. The number of rotatable bonds is 5. The molecule has 152 valence electrons. The van der Waals surface area contributed by atoms with Gasteiger partial charge in [-0.25, -0.2) is 4.98 Å². The Morgan fingerprint density at radius 3 is 2.59 bits per heavy atom. The zero-order valence-corrected chi connectivity index (χ0v) is 18.1. The number of benzene rings is 2. The Bertz CT molecular complexity index is 1020. The molecule has 1 saturated carbocycles. The molecule has 1 heterocycles. The van der Waals surface area contributed by atoms with Crippen molar-refractivity contribution in [1.82, 2.24) is 14.5 Å². The van der Waals surface area contributed by atoms with Crippen LogP contribution in [-0.4, -0.2) is 27.4 Å². The maximum atomic E-state index is 13.0. The van der Waals surface area contributed by atoms with E-state index in [-0.39, 0.29) is 11.9 Å². The van der Waals surface area contributed by atoms with Gasteiger partial charge < -0.3 is 9.47 Å². The average molecular weight is 410 g/mol. The number of carbonyl (C=O) groups is 1. The molecule has 1 atom stereocenters. The van der Waals surface area contributed by atoms with Crippen LogP contribution in [0.3, 0.4) is 0 Å². The second-order valence-electron chi connectivity index (χ2n) is 8.25. The molecule has 5 heteroatoms. The van der Waals surface area contributed by atoms with E-state index < -0.39 is 0 Å². The molecular weight excluding hydrogens is 382 g/mol. The summed E-state index contributed by atoms with van der Waals surface area (Å²) in [6.45, 7) is 4.13. The molecule has 4 rings (SSSR count). The first-order valence-corrected chi connectivity index (χ1v) is 10.8. The number of aromatic nitrogens is 2. The van der Waals surface area contributed by atoms with Gasteiger partial charge in [0.15, 0.2) is 0 Å². The number of hydrogen-bond acceptors (Lipinski definition) is 2. The molecule has 0 saturated heterocycles. The minimum atomic E-state index is -0.111.